The number of rotatable bonds is 4. The van der Waals surface area contributed by atoms with Crippen LogP contribution in [-0.2, 0) is 4.79 Å². The van der Waals surface area contributed by atoms with Gasteiger partial charge in [0.2, 0.25) is 5.91 Å². The smallest absolute Gasteiger partial charge is 0.332 e. The number of hydrogen-bond donors (Lipinski definition) is 2. The van der Waals surface area contributed by atoms with Gasteiger partial charge in [0.1, 0.15) is 15.5 Å². The number of carbonyl (C=O) groups excluding carboxylic acids is 3. The normalized spacial score (nSPS) is 19.8. The Balaban J connectivity index is 1.46. The molecule has 32 heavy (non-hydrogen) atoms. The van der Waals surface area contributed by atoms with Crippen molar-refractivity contribution in [3.05, 3.63) is 51.9 Å². The number of halogens is 1. The third-order valence-electron chi connectivity index (χ3n) is 5.43. The van der Waals surface area contributed by atoms with Gasteiger partial charge < -0.3 is 15.5 Å². The predicted molar refractivity (Wildman–Crippen MR) is 132 cm³/mol. The quantitative estimate of drug-likeness (QED) is 0.433. The first-order chi connectivity index (χ1) is 15.6. The lowest BCUT2D eigenvalue weighted by molar-refractivity contribution is -0.127. The van der Waals surface area contributed by atoms with Crippen molar-refractivity contribution in [2.24, 2.45) is 3.15 Å². The van der Waals surface area contributed by atoms with E-state index in [-0.39, 0.29) is 23.9 Å². The Bertz CT molecular complexity index is 1250. The van der Waals surface area contributed by atoms with E-state index in [1.807, 2.05) is 10.2 Å². The molecule has 5 rings (SSSR count). The van der Waals surface area contributed by atoms with Crippen molar-refractivity contribution in [2.75, 3.05) is 23.3 Å². The van der Waals surface area contributed by atoms with Crippen molar-refractivity contribution < 1.29 is 14.4 Å². The number of piperidine rings is 1. The SMILES string of the molecule is C=CC(=O)N1CCCC(NC(=O)c2sc3nccc4c3c2NC(=O)N4C2=CC=CI=N2)C1. The van der Waals surface area contributed by atoms with E-state index in [9.17, 15) is 14.4 Å². The van der Waals surface area contributed by atoms with E-state index in [2.05, 4.69) is 25.3 Å². The number of amides is 4. The van der Waals surface area contributed by atoms with Gasteiger partial charge in [-0.3, -0.25) is 9.59 Å². The molecule has 0 aliphatic carbocycles. The molecule has 164 valence electrons. The van der Waals surface area contributed by atoms with Gasteiger partial charge >= 0.3 is 6.03 Å². The van der Waals surface area contributed by atoms with Crippen molar-refractivity contribution in [2.45, 2.75) is 18.9 Å². The lowest BCUT2D eigenvalue weighted by atomic mass is 10.1. The molecule has 2 N–H and O–H groups in total. The Morgan fingerprint density at radius 3 is 3.06 bits per heavy atom. The van der Waals surface area contributed by atoms with Crippen LogP contribution >= 0.6 is 32.4 Å². The molecule has 0 spiro atoms. The van der Waals surface area contributed by atoms with Gasteiger partial charge in [0, 0.05) is 46.4 Å². The van der Waals surface area contributed by atoms with Crippen LogP contribution in [0.25, 0.3) is 10.2 Å². The summed E-state index contributed by atoms with van der Waals surface area (Å²) in [7, 11) is 0. The number of anilines is 2. The second-order valence-corrected chi connectivity index (χ2v) is 10.2. The summed E-state index contributed by atoms with van der Waals surface area (Å²) < 4.78 is 6.54. The van der Waals surface area contributed by atoms with E-state index in [1.165, 1.54) is 22.3 Å². The molecule has 5 heterocycles. The molecule has 1 saturated heterocycles. The molecule has 3 aliphatic rings. The molecular formula is C21H19IN6O3S. The summed E-state index contributed by atoms with van der Waals surface area (Å²) >= 11 is 0.760. The zero-order valence-electron chi connectivity index (χ0n) is 16.9. The lowest BCUT2D eigenvalue weighted by Crippen LogP contribution is -2.49. The summed E-state index contributed by atoms with van der Waals surface area (Å²) in [6, 6.07) is 1.25. The first-order valence-corrected chi connectivity index (χ1v) is 13.0. The van der Waals surface area contributed by atoms with Crippen LogP contribution in [0.3, 0.4) is 0 Å². The Kier molecular flexibility index (Phi) is 5.59. The highest BCUT2D eigenvalue weighted by atomic mass is 127. The lowest BCUT2D eigenvalue weighted by Gasteiger charge is -2.32. The first-order valence-electron chi connectivity index (χ1n) is 10.0. The van der Waals surface area contributed by atoms with Crippen LogP contribution in [0.4, 0.5) is 16.2 Å². The molecule has 4 amide bonds. The summed E-state index contributed by atoms with van der Waals surface area (Å²) in [5.41, 5.74) is 1.14. The molecule has 1 unspecified atom stereocenters. The third-order valence-corrected chi connectivity index (χ3v) is 8.04. The molecular weight excluding hydrogens is 543 g/mol. The van der Waals surface area contributed by atoms with E-state index in [0.717, 1.165) is 18.2 Å². The minimum atomic E-state index is -0.483. The second kappa shape index (κ2) is 8.54. The Morgan fingerprint density at radius 1 is 1.41 bits per heavy atom. The Labute approximate surface area is 198 Å². The number of likely N-dealkylation sites (tertiary alicyclic amines) is 1. The molecule has 2 aromatic rings. The van der Waals surface area contributed by atoms with Crippen molar-refractivity contribution >= 4 is 71.8 Å². The molecule has 0 radical (unpaired) electrons. The van der Waals surface area contributed by atoms with E-state index < -0.39 is 21.0 Å². The molecule has 1 atom stereocenters. The van der Waals surface area contributed by atoms with Gasteiger partial charge in [-0.1, -0.05) is 12.7 Å². The maximum atomic E-state index is 13.2. The van der Waals surface area contributed by atoms with Crippen molar-refractivity contribution in [1.82, 2.24) is 15.2 Å². The summed E-state index contributed by atoms with van der Waals surface area (Å²) in [4.78, 5) is 46.9. The van der Waals surface area contributed by atoms with Crippen molar-refractivity contribution in [3.63, 3.8) is 0 Å². The molecule has 1 fully saturated rings. The van der Waals surface area contributed by atoms with Gasteiger partial charge in [-0.05, 0) is 35.1 Å². The van der Waals surface area contributed by atoms with Crippen LogP contribution in [0.2, 0.25) is 0 Å². The Morgan fingerprint density at radius 2 is 2.28 bits per heavy atom. The van der Waals surface area contributed by atoms with Crippen LogP contribution in [0.5, 0.6) is 0 Å². The van der Waals surface area contributed by atoms with Crippen LogP contribution in [0, 0.1) is 0 Å². The number of thiophene rings is 1. The largest absolute Gasteiger partial charge is 0.347 e. The summed E-state index contributed by atoms with van der Waals surface area (Å²) in [5, 5.41) is 6.64. The molecule has 3 aliphatic heterocycles. The average molecular weight is 562 g/mol. The van der Waals surface area contributed by atoms with Gasteiger partial charge in [-0.15, -0.1) is 11.3 Å². The van der Waals surface area contributed by atoms with Crippen LogP contribution in [-0.4, -0.2) is 46.9 Å². The van der Waals surface area contributed by atoms with Crippen LogP contribution in [0.15, 0.2) is 50.1 Å². The van der Waals surface area contributed by atoms with Crippen molar-refractivity contribution in [3.8, 4) is 0 Å². The molecule has 2 aromatic heterocycles. The zero-order chi connectivity index (χ0) is 22.2. The molecule has 9 nitrogen and oxygen atoms in total. The third kappa shape index (κ3) is 3.64. The number of allylic oxidation sites excluding steroid dienone is 2. The monoisotopic (exact) mass is 562 g/mol. The number of aromatic nitrogens is 1. The van der Waals surface area contributed by atoms with Gasteiger partial charge in [0.15, 0.2) is 0 Å². The van der Waals surface area contributed by atoms with Crippen molar-refractivity contribution in [1.29, 1.82) is 0 Å². The zero-order valence-corrected chi connectivity index (χ0v) is 19.9. The topological polar surface area (TPSA) is 107 Å². The molecule has 0 saturated carbocycles. The van der Waals surface area contributed by atoms with Gasteiger partial charge in [0.05, 0.1) is 16.8 Å². The number of nitrogens with one attached hydrogen (secondary N) is 2. The number of nitrogens with zero attached hydrogens (tertiary/aromatic N) is 4. The highest BCUT2D eigenvalue weighted by molar-refractivity contribution is 14.2. The fraction of sp³-hybridized carbons (Fsp3) is 0.238. The second-order valence-electron chi connectivity index (χ2n) is 7.41. The molecule has 0 aromatic carbocycles. The fourth-order valence-corrected chi connectivity index (χ4v) is 6.26. The maximum Gasteiger partial charge on any atom is 0.332 e. The summed E-state index contributed by atoms with van der Waals surface area (Å²) in [5.74, 6) is 0.167. The number of carbonyl (C=O) groups is 3. The summed E-state index contributed by atoms with van der Waals surface area (Å²) in [6.45, 7) is 4.63. The van der Waals surface area contributed by atoms with E-state index in [1.54, 1.807) is 23.2 Å². The maximum absolute atomic E-state index is 13.2. The van der Waals surface area contributed by atoms with E-state index in [4.69, 9.17) is 0 Å². The van der Waals surface area contributed by atoms with Crippen LogP contribution < -0.4 is 15.5 Å². The van der Waals surface area contributed by atoms with Crippen LogP contribution in [0.1, 0.15) is 22.5 Å². The van der Waals surface area contributed by atoms with E-state index >= 15 is 0 Å². The fourth-order valence-electron chi connectivity index (χ4n) is 4.02. The minimum absolute atomic E-state index is 0.137. The van der Waals surface area contributed by atoms with Gasteiger partial charge in [-0.2, -0.15) is 0 Å². The number of pyridine rings is 1. The molecule has 11 heteroatoms. The average Bonchev–Trinajstić information content (AvgIpc) is 3.19. The highest BCUT2D eigenvalue weighted by Crippen LogP contribution is 2.45. The van der Waals surface area contributed by atoms with E-state index in [0.29, 0.717) is 40.0 Å². The summed E-state index contributed by atoms with van der Waals surface area (Å²) in [6.07, 6.45) is 8.23. The Hall–Kier alpha value is -2.93. The standard InChI is InChI=1S/C21H19IN6O3S/c1-2-15(29)27-10-4-5-12(11-27)24-19(30)18-17-16-13(7-9-23-20(16)32-18)28(21(31)25-17)14-6-3-8-22-26-14/h2-3,6-9,12H,1,4-5,10-11H2,(H,24,30)(H,25,31). The molecule has 0 bridgehead atoms. The predicted octanol–water partition coefficient (Wildman–Crippen LogP) is 4.08. The highest BCUT2D eigenvalue weighted by Gasteiger charge is 2.34. The van der Waals surface area contributed by atoms with Gasteiger partial charge in [-0.25, -0.2) is 17.8 Å². The number of hydrogen-bond acceptors (Lipinski definition) is 6. The van der Waals surface area contributed by atoms with Gasteiger partial charge in [0.25, 0.3) is 5.91 Å². The first kappa shape index (κ1) is 20.9. The minimum Gasteiger partial charge on any atom is -0.347 e. The number of urea groups is 1.